The number of methoxy groups -OCH3 is 1. The number of amides is 3. The molecular formula is C25H38N4O5S. The van der Waals surface area contributed by atoms with Crippen molar-refractivity contribution in [2.75, 3.05) is 33.3 Å². The minimum Gasteiger partial charge on any atom is -0.497 e. The van der Waals surface area contributed by atoms with Crippen molar-refractivity contribution in [3.63, 3.8) is 0 Å². The number of rotatable bonds is 9. The molecule has 1 aromatic rings. The molecule has 2 unspecified atom stereocenters. The number of ether oxygens (including phenoxy) is 1. The molecule has 1 spiro atoms. The van der Waals surface area contributed by atoms with Crippen LogP contribution >= 0.6 is 0 Å². The van der Waals surface area contributed by atoms with Crippen LogP contribution in [0.5, 0.6) is 5.75 Å². The third-order valence-corrected chi connectivity index (χ3v) is 9.83. The third-order valence-electron chi connectivity index (χ3n) is 7.94. The van der Waals surface area contributed by atoms with Crippen LogP contribution in [0.15, 0.2) is 29.2 Å². The van der Waals surface area contributed by atoms with Crippen LogP contribution in [0.2, 0.25) is 0 Å². The SMILES string of the molecule is COc1cccc(S(=O)(=O)N2CCC3(CCN(C(=O)CCCCCC4NC(=O)NC4C)C3)CC2)c1. The Balaban J connectivity index is 1.20. The third kappa shape index (κ3) is 5.91. The first kappa shape index (κ1) is 25.8. The average molecular weight is 507 g/mol. The Kier molecular flexibility index (Phi) is 7.90. The largest absolute Gasteiger partial charge is 0.497 e. The minimum atomic E-state index is -3.56. The highest BCUT2D eigenvalue weighted by atomic mass is 32.2. The molecule has 1 aromatic carbocycles. The fourth-order valence-corrected chi connectivity index (χ4v) is 7.08. The zero-order chi connectivity index (χ0) is 25.1. The number of carbonyl (C=O) groups is 2. The number of carbonyl (C=O) groups excluding carboxylic acids is 2. The summed E-state index contributed by atoms with van der Waals surface area (Å²) >= 11 is 0. The normalized spacial score (nSPS) is 24.4. The zero-order valence-corrected chi connectivity index (χ0v) is 21.6. The molecule has 0 radical (unpaired) electrons. The maximum absolute atomic E-state index is 13.1. The molecule has 3 saturated heterocycles. The average Bonchev–Trinajstić information content (AvgIpc) is 3.41. The molecule has 3 aliphatic heterocycles. The molecule has 10 heteroatoms. The van der Waals surface area contributed by atoms with E-state index in [1.54, 1.807) is 28.6 Å². The first-order valence-corrected chi connectivity index (χ1v) is 14.2. The van der Waals surface area contributed by atoms with Gasteiger partial charge in [0.15, 0.2) is 0 Å². The fourth-order valence-electron chi connectivity index (χ4n) is 5.61. The van der Waals surface area contributed by atoms with Crippen LogP contribution in [-0.2, 0) is 14.8 Å². The van der Waals surface area contributed by atoms with E-state index >= 15 is 0 Å². The molecule has 9 nitrogen and oxygen atoms in total. The number of benzene rings is 1. The van der Waals surface area contributed by atoms with E-state index in [0.717, 1.165) is 58.0 Å². The van der Waals surface area contributed by atoms with E-state index in [2.05, 4.69) is 10.6 Å². The van der Waals surface area contributed by atoms with Crippen LogP contribution in [0.1, 0.15) is 58.3 Å². The number of sulfonamides is 1. The molecular weight excluding hydrogens is 468 g/mol. The van der Waals surface area contributed by atoms with E-state index in [-0.39, 0.29) is 34.3 Å². The van der Waals surface area contributed by atoms with Crippen LogP contribution in [0.3, 0.4) is 0 Å². The van der Waals surface area contributed by atoms with E-state index in [4.69, 9.17) is 4.74 Å². The van der Waals surface area contributed by atoms with E-state index in [1.807, 2.05) is 11.8 Å². The highest BCUT2D eigenvalue weighted by Crippen LogP contribution is 2.41. The Morgan fingerprint density at radius 1 is 1.11 bits per heavy atom. The number of hydrogen-bond donors (Lipinski definition) is 2. The van der Waals surface area contributed by atoms with Gasteiger partial charge in [0, 0.05) is 44.7 Å². The van der Waals surface area contributed by atoms with Crippen LogP contribution in [0.25, 0.3) is 0 Å². The van der Waals surface area contributed by atoms with Gasteiger partial charge in [-0.05, 0) is 56.6 Å². The van der Waals surface area contributed by atoms with E-state index in [9.17, 15) is 18.0 Å². The van der Waals surface area contributed by atoms with Gasteiger partial charge in [-0.1, -0.05) is 18.9 Å². The standard InChI is InChI=1S/C25H38N4O5S/c1-19-22(27-24(31)26-19)9-4-3-5-10-23(30)28-14-11-25(18-28)12-15-29(16-13-25)35(32,33)21-8-6-7-20(17-21)34-2/h6-8,17,19,22H,3-5,9-16,18H2,1-2H3,(H2,26,27,31). The molecule has 2 atom stereocenters. The number of likely N-dealkylation sites (tertiary alicyclic amines) is 1. The predicted octanol–water partition coefficient (Wildman–Crippen LogP) is 2.72. The second-order valence-corrected chi connectivity index (χ2v) is 12.2. The molecule has 3 aliphatic rings. The monoisotopic (exact) mass is 506 g/mol. The number of nitrogens with zero attached hydrogens (tertiary/aromatic N) is 2. The summed E-state index contributed by atoms with van der Waals surface area (Å²) in [6, 6.07) is 6.85. The number of urea groups is 1. The van der Waals surface area contributed by atoms with Crippen LogP contribution in [-0.4, -0.2) is 74.9 Å². The predicted molar refractivity (Wildman–Crippen MR) is 133 cm³/mol. The molecule has 0 bridgehead atoms. The van der Waals surface area contributed by atoms with Crippen molar-refractivity contribution in [1.29, 1.82) is 0 Å². The van der Waals surface area contributed by atoms with Gasteiger partial charge in [0.25, 0.3) is 0 Å². The van der Waals surface area contributed by atoms with E-state index in [1.165, 1.54) is 7.11 Å². The first-order chi connectivity index (χ1) is 16.7. The Labute approximate surface area is 208 Å². The number of piperidine rings is 1. The van der Waals surface area contributed by atoms with Gasteiger partial charge in [-0.15, -0.1) is 0 Å². The first-order valence-electron chi connectivity index (χ1n) is 12.7. The fraction of sp³-hybridized carbons (Fsp3) is 0.680. The smallest absolute Gasteiger partial charge is 0.315 e. The van der Waals surface area contributed by atoms with Crippen molar-refractivity contribution in [3.05, 3.63) is 24.3 Å². The van der Waals surface area contributed by atoms with Crippen molar-refractivity contribution < 1.29 is 22.7 Å². The molecule has 0 aliphatic carbocycles. The molecule has 0 aromatic heterocycles. The van der Waals surface area contributed by atoms with E-state index < -0.39 is 10.0 Å². The number of nitrogens with one attached hydrogen (secondary N) is 2. The molecule has 35 heavy (non-hydrogen) atoms. The molecule has 4 rings (SSSR count). The number of unbranched alkanes of at least 4 members (excludes halogenated alkanes) is 2. The van der Waals surface area contributed by atoms with Gasteiger partial charge in [-0.25, -0.2) is 13.2 Å². The summed E-state index contributed by atoms with van der Waals surface area (Å²) < 4.78 is 33.0. The second-order valence-electron chi connectivity index (χ2n) is 10.3. The van der Waals surface area contributed by atoms with Crippen molar-refractivity contribution >= 4 is 22.0 Å². The van der Waals surface area contributed by atoms with Crippen LogP contribution in [0.4, 0.5) is 4.79 Å². The lowest BCUT2D eigenvalue weighted by Gasteiger charge is -2.38. The van der Waals surface area contributed by atoms with E-state index in [0.29, 0.717) is 25.3 Å². The van der Waals surface area contributed by atoms with Gasteiger partial charge >= 0.3 is 6.03 Å². The molecule has 3 heterocycles. The van der Waals surface area contributed by atoms with Gasteiger partial charge in [0.05, 0.1) is 18.0 Å². The van der Waals surface area contributed by atoms with Gasteiger partial charge in [-0.3, -0.25) is 4.79 Å². The quantitative estimate of drug-likeness (QED) is 0.501. The Hall–Kier alpha value is -2.33. The van der Waals surface area contributed by atoms with Gasteiger partial charge in [0.1, 0.15) is 5.75 Å². The Morgan fingerprint density at radius 3 is 2.54 bits per heavy atom. The lowest BCUT2D eigenvalue weighted by atomic mass is 9.78. The topological polar surface area (TPSA) is 108 Å². The minimum absolute atomic E-state index is 0.0277. The second kappa shape index (κ2) is 10.7. The van der Waals surface area contributed by atoms with Gasteiger partial charge in [0.2, 0.25) is 15.9 Å². The summed E-state index contributed by atoms with van der Waals surface area (Å²) in [5, 5.41) is 5.80. The van der Waals surface area contributed by atoms with Crippen LogP contribution < -0.4 is 15.4 Å². The lowest BCUT2D eigenvalue weighted by Crippen LogP contribution is -2.44. The molecule has 2 N–H and O–H groups in total. The maximum atomic E-state index is 13.1. The Morgan fingerprint density at radius 2 is 1.86 bits per heavy atom. The Bertz CT molecular complexity index is 1020. The molecule has 0 saturated carbocycles. The molecule has 3 fully saturated rings. The maximum Gasteiger partial charge on any atom is 0.315 e. The summed E-state index contributed by atoms with van der Waals surface area (Å²) in [7, 11) is -2.03. The van der Waals surface area contributed by atoms with Crippen molar-refractivity contribution in [2.45, 2.75) is 75.3 Å². The van der Waals surface area contributed by atoms with Gasteiger partial charge < -0.3 is 20.3 Å². The highest BCUT2D eigenvalue weighted by molar-refractivity contribution is 7.89. The summed E-state index contributed by atoms with van der Waals surface area (Å²) in [6.07, 6.45) is 6.80. The van der Waals surface area contributed by atoms with Crippen molar-refractivity contribution in [1.82, 2.24) is 19.8 Å². The van der Waals surface area contributed by atoms with Gasteiger partial charge in [-0.2, -0.15) is 4.31 Å². The van der Waals surface area contributed by atoms with Crippen LogP contribution in [0, 0.1) is 5.41 Å². The summed E-state index contributed by atoms with van der Waals surface area (Å²) in [5.74, 6) is 0.735. The zero-order valence-electron chi connectivity index (χ0n) is 20.8. The number of hydrogen-bond acceptors (Lipinski definition) is 5. The summed E-state index contributed by atoms with van der Waals surface area (Å²) in [5.41, 5.74) is 0.0277. The molecule has 3 amide bonds. The van der Waals surface area contributed by atoms with Crippen molar-refractivity contribution in [3.8, 4) is 5.75 Å². The molecule has 194 valence electrons. The lowest BCUT2D eigenvalue weighted by molar-refractivity contribution is -0.130. The summed E-state index contributed by atoms with van der Waals surface area (Å²) in [4.78, 5) is 26.4. The summed E-state index contributed by atoms with van der Waals surface area (Å²) in [6.45, 7) is 4.46. The van der Waals surface area contributed by atoms with Crippen molar-refractivity contribution in [2.24, 2.45) is 5.41 Å². The highest BCUT2D eigenvalue weighted by Gasteiger charge is 2.44.